The number of hydrogen-bond acceptors (Lipinski definition) is 7. The Morgan fingerprint density at radius 1 is 1.21 bits per heavy atom. The van der Waals surface area contributed by atoms with Crippen LogP contribution in [-0.4, -0.2) is 31.4 Å². The largest absolute Gasteiger partial charge is 0.416 e. The second kappa shape index (κ2) is 8.61. The molecule has 0 aliphatic rings. The Morgan fingerprint density at radius 2 is 1.96 bits per heavy atom. The van der Waals surface area contributed by atoms with Gasteiger partial charge in [0, 0.05) is 25.2 Å². The Labute approximate surface area is 159 Å². The molecule has 0 aliphatic heterocycles. The third-order valence-electron chi connectivity index (χ3n) is 3.47. The van der Waals surface area contributed by atoms with Crippen molar-refractivity contribution in [2.45, 2.75) is 18.2 Å². The van der Waals surface area contributed by atoms with E-state index >= 15 is 0 Å². The zero-order valence-electron chi connectivity index (χ0n) is 14.1. The van der Waals surface area contributed by atoms with E-state index in [0.29, 0.717) is 0 Å². The SMILES string of the molecule is O=C(CSc1nnc(CCn2ccc(=O)[nH]c2=O)o1)Nc1c(F)cccc1F. The Balaban J connectivity index is 1.52. The van der Waals surface area contributed by atoms with Gasteiger partial charge in [0.15, 0.2) is 0 Å². The molecule has 12 heteroatoms. The maximum atomic E-state index is 13.5. The van der Waals surface area contributed by atoms with E-state index in [9.17, 15) is 23.2 Å². The van der Waals surface area contributed by atoms with Crippen molar-refractivity contribution in [3.8, 4) is 0 Å². The molecule has 0 atom stereocenters. The van der Waals surface area contributed by atoms with Crippen molar-refractivity contribution in [3.05, 3.63) is 68.8 Å². The van der Waals surface area contributed by atoms with Crippen molar-refractivity contribution in [1.29, 1.82) is 0 Å². The molecule has 0 saturated carbocycles. The molecule has 2 N–H and O–H groups in total. The number of anilines is 1. The van der Waals surface area contributed by atoms with Crippen molar-refractivity contribution in [3.63, 3.8) is 0 Å². The number of thioether (sulfide) groups is 1. The van der Waals surface area contributed by atoms with Gasteiger partial charge in [-0.15, -0.1) is 10.2 Å². The van der Waals surface area contributed by atoms with E-state index in [4.69, 9.17) is 4.42 Å². The average Bonchev–Trinajstić information content (AvgIpc) is 3.10. The number of nitrogens with one attached hydrogen (secondary N) is 2. The van der Waals surface area contributed by atoms with Crippen LogP contribution < -0.4 is 16.6 Å². The van der Waals surface area contributed by atoms with Crippen LogP contribution in [0.2, 0.25) is 0 Å². The van der Waals surface area contributed by atoms with Gasteiger partial charge in [-0.3, -0.25) is 14.6 Å². The molecule has 1 aromatic carbocycles. The predicted octanol–water partition coefficient (Wildman–Crippen LogP) is 1.17. The average molecular weight is 409 g/mol. The Morgan fingerprint density at radius 3 is 2.68 bits per heavy atom. The van der Waals surface area contributed by atoms with Crippen LogP contribution in [0, 0.1) is 11.6 Å². The van der Waals surface area contributed by atoms with E-state index < -0.39 is 34.5 Å². The lowest BCUT2D eigenvalue weighted by atomic mass is 10.3. The lowest BCUT2D eigenvalue weighted by molar-refractivity contribution is -0.113. The number of rotatable bonds is 7. The van der Waals surface area contributed by atoms with Crippen molar-refractivity contribution in [1.82, 2.24) is 19.7 Å². The van der Waals surface area contributed by atoms with E-state index in [1.165, 1.54) is 22.9 Å². The predicted molar refractivity (Wildman–Crippen MR) is 95.0 cm³/mol. The fourth-order valence-corrected chi connectivity index (χ4v) is 2.73. The van der Waals surface area contributed by atoms with Gasteiger partial charge in [-0.05, 0) is 12.1 Å². The molecule has 3 rings (SSSR count). The van der Waals surface area contributed by atoms with Gasteiger partial charge in [-0.2, -0.15) is 0 Å². The van der Waals surface area contributed by atoms with Gasteiger partial charge in [0.25, 0.3) is 10.8 Å². The maximum absolute atomic E-state index is 13.5. The van der Waals surface area contributed by atoms with Crippen LogP contribution in [0.5, 0.6) is 0 Å². The highest BCUT2D eigenvalue weighted by Crippen LogP contribution is 2.20. The summed E-state index contributed by atoms with van der Waals surface area (Å²) in [5.41, 5.74) is -1.57. The van der Waals surface area contributed by atoms with Crippen molar-refractivity contribution >= 4 is 23.4 Å². The maximum Gasteiger partial charge on any atom is 0.328 e. The summed E-state index contributed by atoms with van der Waals surface area (Å²) < 4.78 is 33.6. The first kappa shape index (κ1) is 19.5. The molecule has 0 unspecified atom stereocenters. The molecule has 0 bridgehead atoms. The van der Waals surface area contributed by atoms with E-state index in [0.717, 1.165) is 23.9 Å². The molecule has 0 radical (unpaired) electrons. The first-order chi connectivity index (χ1) is 13.4. The van der Waals surface area contributed by atoms with Crippen molar-refractivity contribution in [2.24, 2.45) is 0 Å². The van der Waals surface area contributed by atoms with E-state index in [1.807, 2.05) is 0 Å². The third-order valence-corrected chi connectivity index (χ3v) is 4.28. The highest BCUT2D eigenvalue weighted by molar-refractivity contribution is 7.99. The molecule has 2 heterocycles. The van der Waals surface area contributed by atoms with Crippen LogP contribution in [0.4, 0.5) is 14.5 Å². The van der Waals surface area contributed by atoms with Gasteiger partial charge in [-0.1, -0.05) is 17.8 Å². The molecule has 0 saturated heterocycles. The summed E-state index contributed by atoms with van der Waals surface area (Å²) in [6.45, 7) is 0.203. The quantitative estimate of drug-likeness (QED) is 0.562. The molecule has 146 valence electrons. The molecule has 9 nitrogen and oxygen atoms in total. The van der Waals surface area contributed by atoms with Gasteiger partial charge in [-0.25, -0.2) is 13.6 Å². The summed E-state index contributed by atoms with van der Waals surface area (Å²) in [6, 6.07) is 4.47. The summed E-state index contributed by atoms with van der Waals surface area (Å²) in [5, 5.41) is 9.78. The topological polar surface area (TPSA) is 123 Å². The highest BCUT2D eigenvalue weighted by Gasteiger charge is 2.14. The fourth-order valence-electron chi connectivity index (χ4n) is 2.15. The number of aromatic amines is 1. The minimum Gasteiger partial charge on any atom is -0.416 e. The number of H-pyrrole nitrogens is 1. The zero-order valence-corrected chi connectivity index (χ0v) is 15.0. The number of amides is 1. The molecular weight excluding hydrogens is 396 g/mol. The first-order valence-corrected chi connectivity index (χ1v) is 8.90. The normalized spacial score (nSPS) is 10.8. The summed E-state index contributed by atoms with van der Waals surface area (Å²) >= 11 is 0.894. The number of carbonyl (C=O) groups is 1. The van der Waals surface area contributed by atoms with Gasteiger partial charge in [0.05, 0.1) is 5.75 Å². The van der Waals surface area contributed by atoms with Crippen molar-refractivity contribution in [2.75, 3.05) is 11.1 Å². The molecule has 1 amide bonds. The Hall–Kier alpha value is -3.28. The zero-order chi connectivity index (χ0) is 20.1. The van der Waals surface area contributed by atoms with Crippen LogP contribution in [0.3, 0.4) is 0 Å². The molecule has 3 aromatic rings. The molecular formula is C16H13F2N5O4S. The summed E-state index contributed by atoms with van der Waals surface area (Å²) in [5.74, 6) is -2.38. The summed E-state index contributed by atoms with van der Waals surface area (Å²) in [7, 11) is 0. The molecule has 0 aliphatic carbocycles. The highest BCUT2D eigenvalue weighted by atomic mass is 32.2. The van der Waals surface area contributed by atoms with Crippen LogP contribution in [0.1, 0.15) is 5.89 Å². The van der Waals surface area contributed by atoms with Crippen molar-refractivity contribution < 1.29 is 18.0 Å². The number of nitrogens with zero attached hydrogens (tertiary/aromatic N) is 3. The number of hydrogen-bond donors (Lipinski definition) is 2. The standard InChI is InChI=1S/C16H13F2N5O4S/c17-9-2-1-3-10(18)14(9)19-12(25)8-28-16-22-21-13(27-16)5-7-23-6-4-11(24)20-15(23)26/h1-4,6H,5,7-8H2,(H,19,25)(H,20,24,26). The van der Waals surface area contributed by atoms with Gasteiger partial charge in [0.1, 0.15) is 17.3 Å². The third kappa shape index (κ3) is 4.91. The van der Waals surface area contributed by atoms with Crippen LogP contribution >= 0.6 is 11.8 Å². The van der Waals surface area contributed by atoms with Crippen LogP contribution in [-0.2, 0) is 17.8 Å². The number of benzene rings is 1. The first-order valence-electron chi connectivity index (χ1n) is 7.91. The fraction of sp³-hybridized carbons (Fsp3) is 0.188. The second-order valence-corrected chi connectivity index (χ2v) is 6.38. The number of carbonyl (C=O) groups excluding carboxylic acids is 1. The van der Waals surface area contributed by atoms with E-state index in [2.05, 4.69) is 20.5 Å². The number of halogens is 2. The van der Waals surface area contributed by atoms with Gasteiger partial charge in [0.2, 0.25) is 11.8 Å². The summed E-state index contributed by atoms with van der Waals surface area (Å²) in [4.78, 5) is 36.6. The number of aryl methyl sites for hydroxylation is 2. The smallest absolute Gasteiger partial charge is 0.328 e. The summed E-state index contributed by atoms with van der Waals surface area (Å²) in [6.07, 6.45) is 1.57. The minimum absolute atomic E-state index is 0.0907. The number of aromatic nitrogens is 4. The van der Waals surface area contributed by atoms with Crippen LogP contribution in [0.25, 0.3) is 0 Å². The van der Waals surface area contributed by atoms with E-state index in [1.54, 1.807) is 0 Å². The molecule has 0 spiro atoms. The Kier molecular flexibility index (Phi) is 5.99. The van der Waals surface area contributed by atoms with Crippen LogP contribution in [0.15, 0.2) is 49.7 Å². The lowest BCUT2D eigenvalue weighted by Gasteiger charge is -2.06. The lowest BCUT2D eigenvalue weighted by Crippen LogP contribution is -2.29. The molecule has 0 fully saturated rings. The molecule has 28 heavy (non-hydrogen) atoms. The van der Waals surface area contributed by atoms with Gasteiger partial charge >= 0.3 is 5.69 Å². The number of para-hydroxylation sites is 1. The van der Waals surface area contributed by atoms with E-state index in [-0.39, 0.29) is 29.8 Å². The van der Waals surface area contributed by atoms with Gasteiger partial charge < -0.3 is 14.3 Å². The minimum atomic E-state index is -0.879. The second-order valence-electron chi connectivity index (χ2n) is 5.45. The monoisotopic (exact) mass is 409 g/mol. The Bertz CT molecular complexity index is 1090. The molecule has 2 aromatic heterocycles.